The standard InChI is InChI=1S/C27H32ClFN2O7S/c1-15-9-20(6-8-22(15)29)31-25(34)17-3-7-21(28)23(10-17)39(37,38)26(35)11-18-4-5-19(12-26)27(18,36)13-24(33)30-14-16(2)32/h3,6-10,16,18-19,32,35-36H,4-5,11-14H2,1-2H3,(H,30,33)(H,31,34)/t16-,18-,19?,26?,27?/m0/s1. The first kappa shape index (κ1) is 29.4. The van der Waals surface area contributed by atoms with Crippen LogP contribution in [0.4, 0.5) is 10.1 Å². The molecule has 0 aromatic heterocycles. The van der Waals surface area contributed by atoms with E-state index in [1.165, 1.54) is 37.3 Å². The van der Waals surface area contributed by atoms with Crippen molar-refractivity contribution in [2.45, 2.75) is 67.5 Å². The highest BCUT2D eigenvalue weighted by Crippen LogP contribution is 2.56. The Hall–Kier alpha value is -2.57. The molecule has 39 heavy (non-hydrogen) atoms. The summed E-state index contributed by atoms with van der Waals surface area (Å²) in [5.74, 6) is -2.89. The Kier molecular flexibility index (Phi) is 8.13. The lowest BCUT2D eigenvalue weighted by molar-refractivity contribution is -0.140. The number of halogens is 2. The Balaban J connectivity index is 1.56. The molecule has 0 aliphatic heterocycles. The third-order valence-corrected chi connectivity index (χ3v) is 10.5. The zero-order valence-corrected chi connectivity index (χ0v) is 23.2. The number of carbonyl (C=O) groups excluding carboxylic acids is 2. The summed E-state index contributed by atoms with van der Waals surface area (Å²) in [5, 5.41) is 37.2. The van der Waals surface area contributed by atoms with Crippen molar-refractivity contribution in [3.8, 4) is 0 Å². The number of anilines is 1. The van der Waals surface area contributed by atoms with Crippen LogP contribution < -0.4 is 10.6 Å². The number of rotatable bonds is 8. The topological polar surface area (TPSA) is 153 Å². The van der Waals surface area contributed by atoms with E-state index < -0.39 is 60.8 Å². The van der Waals surface area contributed by atoms with Crippen molar-refractivity contribution in [2.75, 3.05) is 11.9 Å². The SMILES string of the molecule is Cc1cc(NC(=O)c2ccc(Cl)c(S(=O)(=O)C3(O)CC4CC[C@@H](C3)C4(O)CC(=O)NC[C@H](C)O)c2)ccc1F. The minimum atomic E-state index is -4.51. The summed E-state index contributed by atoms with van der Waals surface area (Å²) in [6.45, 7) is 3.07. The molecule has 5 atom stereocenters. The minimum absolute atomic E-state index is 0.0196. The molecule has 2 aromatic rings. The number of nitrogens with one attached hydrogen (secondary N) is 2. The lowest BCUT2D eigenvalue weighted by atomic mass is 9.71. The average molecular weight is 583 g/mol. The summed E-state index contributed by atoms with van der Waals surface area (Å²) in [5.41, 5.74) is -0.892. The van der Waals surface area contributed by atoms with Crippen LogP contribution in [0, 0.1) is 24.6 Å². The number of carbonyl (C=O) groups is 2. The van der Waals surface area contributed by atoms with Gasteiger partial charge in [-0.1, -0.05) is 11.6 Å². The molecule has 0 radical (unpaired) electrons. The van der Waals surface area contributed by atoms with E-state index in [9.17, 15) is 37.7 Å². The van der Waals surface area contributed by atoms with Crippen LogP contribution in [0.25, 0.3) is 0 Å². The highest BCUT2D eigenvalue weighted by Gasteiger charge is 2.62. The van der Waals surface area contributed by atoms with Crippen LogP contribution in [0.3, 0.4) is 0 Å². The van der Waals surface area contributed by atoms with Crippen LogP contribution >= 0.6 is 11.6 Å². The van der Waals surface area contributed by atoms with Gasteiger partial charge in [0.25, 0.3) is 5.91 Å². The number of benzene rings is 2. The van der Waals surface area contributed by atoms with Crippen LogP contribution in [0.2, 0.25) is 5.02 Å². The molecule has 2 bridgehead atoms. The van der Waals surface area contributed by atoms with Gasteiger partial charge in [0, 0.05) is 17.8 Å². The molecule has 2 aliphatic rings. The van der Waals surface area contributed by atoms with Gasteiger partial charge in [-0.3, -0.25) is 9.59 Å². The second kappa shape index (κ2) is 10.8. The van der Waals surface area contributed by atoms with Crippen molar-refractivity contribution in [3.63, 3.8) is 0 Å². The number of fused-ring (bicyclic) bond motifs is 2. The Morgan fingerprint density at radius 2 is 1.77 bits per heavy atom. The molecule has 5 N–H and O–H groups in total. The molecule has 12 heteroatoms. The first-order valence-electron chi connectivity index (χ1n) is 12.7. The van der Waals surface area contributed by atoms with E-state index in [4.69, 9.17) is 11.6 Å². The lowest BCUT2D eigenvalue weighted by Gasteiger charge is -2.46. The summed E-state index contributed by atoms with van der Waals surface area (Å²) in [6, 6.07) is 7.70. The molecule has 0 spiro atoms. The van der Waals surface area contributed by atoms with Gasteiger partial charge in [-0.05, 0) is 93.3 Å². The normalized spacial score (nSPS) is 27.2. The van der Waals surface area contributed by atoms with E-state index in [1.54, 1.807) is 6.92 Å². The number of aliphatic hydroxyl groups excluding tert-OH is 1. The van der Waals surface area contributed by atoms with Crippen molar-refractivity contribution < 1.29 is 37.7 Å². The number of aliphatic hydroxyl groups is 3. The second-order valence-corrected chi connectivity index (χ2v) is 13.3. The van der Waals surface area contributed by atoms with Crippen LogP contribution in [-0.4, -0.2) is 58.7 Å². The van der Waals surface area contributed by atoms with E-state index in [1.807, 2.05) is 0 Å². The summed E-state index contributed by atoms with van der Waals surface area (Å²) in [6.07, 6.45) is -0.804. The van der Waals surface area contributed by atoms with Crippen LogP contribution in [0.5, 0.6) is 0 Å². The van der Waals surface area contributed by atoms with Gasteiger partial charge >= 0.3 is 0 Å². The molecule has 2 fully saturated rings. The van der Waals surface area contributed by atoms with E-state index >= 15 is 0 Å². The highest BCUT2D eigenvalue weighted by molar-refractivity contribution is 7.92. The van der Waals surface area contributed by atoms with Gasteiger partial charge in [0.05, 0.1) is 28.0 Å². The lowest BCUT2D eigenvalue weighted by Crippen LogP contribution is -2.56. The monoisotopic (exact) mass is 582 g/mol. The van der Waals surface area contributed by atoms with Crippen molar-refractivity contribution in [3.05, 3.63) is 58.4 Å². The van der Waals surface area contributed by atoms with Crippen molar-refractivity contribution in [1.82, 2.24) is 5.32 Å². The molecular weight excluding hydrogens is 551 g/mol. The van der Waals surface area contributed by atoms with Gasteiger partial charge in [0.1, 0.15) is 5.82 Å². The van der Waals surface area contributed by atoms with Gasteiger partial charge in [0.2, 0.25) is 15.7 Å². The highest BCUT2D eigenvalue weighted by atomic mass is 35.5. The summed E-state index contributed by atoms with van der Waals surface area (Å²) < 4.78 is 41.1. The van der Waals surface area contributed by atoms with Crippen LogP contribution in [0.15, 0.2) is 41.3 Å². The number of sulfone groups is 1. The first-order valence-corrected chi connectivity index (χ1v) is 14.5. The van der Waals surface area contributed by atoms with Crippen LogP contribution in [-0.2, 0) is 14.6 Å². The fourth-order valence-corrected chi connectivity index (χ4v) is 8.00. The quantitative estimate of drug-likeness (QED) is 0.321. The Morgan fingerprint density at radius 3 is 2.36 bits per heavy atom. The maximum absolute atomic E-state index is 13.8. The number of hydrogen-bond donors (Lipinski definition) is 5. The molecule has 212 valence electrons. The molecular formula is C27H32ClFN2O7S. The third kappa shape index (κ3) is 5.69. The zero-order chi connectivity index (χ0) is 28.8. The third-order valence-electron chi connectivity index (χ3n) is 7.85. The molecule has 3 unspecified atom stereocenters. The van der Waals surface area contributed by atoms with Crippen molar-refractivity contribution in [2.24, 2.45) is 11.8 Å². The summed E-state index contributed by atoms with van der Waals surface area (Å²) >= 11 is 6.25. The predicted molar refractivity (Wildman–Crippen MR) is 142 cm³/mol. The predicted octanol–water partition coefficient (Wildman–Crippen LogP) is 2.94. The van der Waals surface area contributed by atoms with E-state index in [2.05, 4.69) is 10.6 Å². The minimum Gasteiger partial charge on any atom is -0.392 e. The van der Waals surface area contributed by atoms with E-state index in [-0.39, 0.29) is 36.4 Å². The smallest absolute Gasteiger partial charge is 0.255 e. The number of amides is 2. The Labute approximate surface area is 231 Å². The van der Waals surface area contributed by atoms with Gasteiger partial charge < -0.3 is 26.0 Å². The molecule has 9 nitrogen and oxygen atoms in total. The second-order valence-electron chi connectivity index (χ2n) is 10.7. The summed E-state index contributed by atoms with van der Waals surface area (Å²) in [4.78, 5) is 22.6. The van der Waals surface area contributed by atoms with E-state index in [0.717, 1.165) is 6.07 Å². The molecule has 0 heterocycles. The largest absolute Gasteiger partial charge is 0.392 e. The zero-order valence-electron chi connectivity index (χ0n) is 21.6. The Bertz CT molecular complexity index is 1380. The van der Waals surface area contributed by atoms with Crippen molar-refractivity contribution >= 4 is 38.9 Å². The molecule has 2 amide bonds. The molecule has 2 saturated carbocycles. The molecule has 2 aliphatic carbocycles. The fraction of sp³-hybridized carbons (Fsp3) is 0.481. The number of aryl methyl sites for hydroxylation is 1. The maximum atomic E-state index is 13.8. The number of hydrogen-bond acceptors (Lipinski definition) is 7. The van der Waals surface area contributed by atoms with Crippen molar-refractivity contribution in [1.29, 1.82) is 0 Å². The molecule has 0 saturated heterocycles. The fourth-order valence-electron chi connectivity index (χ4n) is 5.72. The molecule has 2 aromatic carbocycles. The maximum Gasteiger partial charge on any atom is 0.255 e. The van der Waals surface area contributed by atoms with Crippen LogP contribution in [0.1, 0.15) is 54.9 Å². The van der Waals surface area contributed by atoms with E-state index in [0.29, 0.717) is 24.1 Å². The van der Waals surface area contributed by atoms with Gasteiger partial charge in [-0.15, -0.1) is 0 Å². The molecule has 4 rings (SSSR count). The first-order chi connectivity index (χ1) is 18.2. The van der Waals surface area contributed by atoms with Gasteiger partial charge in [-0.2, -0.15) is 0 Å². The average Bonchev–Trinajstić information content (AvgIpc) is 3.01. The van der Waals surface area contributed by atoms with Gasteiger partial charge in [-0.25, -0.2) is 12.8 Å². The van der Waals surface area contributed by atoms with Gasteiger partial charge in [0.15, 0.2) is 4.93 Å². The Morgan fingerprint density at radius 1 is 1.13 bits per heavy atom. The summed E-state index contributed by atoms with van der Waals surface area (Å²) in [7, 11) is -4.51.